The molecule has 0 spiro atoms. The molecule has 3 aromatic rings. The van der Waals surface area contributed by atoms with Crippen LogP contribution < -0.4 is 11.1 Å². The number of nitrogens with one attached hydrogen (secondary N) is 1. The molecule has 0 saturated heterocycles. The van der Waals surface area contributed by atoms with Crippen LogP contribution in [0.1, 0.15) is 22.6 Å². The Morgan fingerprint density at radius 3 is 2.52 bits per heavy atom. The molecule has 0 aliphatic rings. The van der Waals surface area contributed by atoms with E-state index in [0.29, 0.717) is 11.0 Å². The van der Waals surface area contributed by atoms with Gasteiger partial charge in [0.2, 0.25) is 5.91 Å². The Morgan fingerprint density at radius 1 is 1.15 bits per heavy atom. The van der Waals surface area contributed by atoms with E-state index in [1.54, 1.807) is 6.07 Å². The van der Waals surface area contributed by atoms with Gasteiger partial charge in [-0.1, -0.05) is 29.5 Å². The third kappa shape index (κ3) is 4.46. The third-order valence-electron chi connectivity index (χ3n) is 4.02. The molecule has 1 aromatic carbocycles. The predicted octanol–water partition coefficient (Wildman–Crippen LogP) is 3.21. The number of benzene rings is 1. The number of anilines is 2. The number of rotatable bonds is 5. The zero-order valence-electron chi connectivity index (χ0n) is 15.8. The first-order valence-corrected chi connectivity index (χ1v) is 9.49. The topological polar surface area (TPSA) is 98.7 Å². The van der Waals surface area contributed by atoms with Crippen LogP contribution in [-0.4, -0.2) is 31.4 Å². The van der Waals surface area contributed by atoms with Gasteiger partial charge in [-0.3, -0.25) is 4.79 Å². The fourth-order valence-corrected chi connectivity index (χ4v) is 3.41. The van der Waals surface area contributed by atoms with Crippen LogP contribution in [-0.2, 0) is 4.79 Å². The maximum Gasteiger partial charge on any atom is 0.234 e. The van der Waals surface area contributed by atoms with Crippen molar-refractivity contribution in [3.05, 3.63) is 53.0 Å². The molecule has 2 heterocycles. The Balaban J connectivity index is 1.71. The summed E-state index contributed by atoms with van der Waals surface area (Å²) in [5, 5.41) is 8.00. The molecule has 0 aliphatic heterocycles. The van der Waals surface area contributed by atoms with E-state index >= 15 is 0 Å². The summed E-state index contributed by atoms with van der Waals surface area (Å²) < 4.78 is 1.84. The molecule has 2 aromatic heterocycles. The third-order valence-corrected chi connectivity index (χ3v) is 4.87. The predicted molar refractivity (Wildman–Crippen MR) is 108 cm³/mol. The van der Waals surface area contributed by atoms with Crippen molar-refractivity contribution in [2.24, 2.45) is 0 Å². The summed E-state index contributed by atoms with van der Waals surface area (Å²) >= 11 is 1.25. The van der Waals surface area contributed by atoms with Crippen molar-refractivity contribution in [1.29, 1.82) is 0 Å². The van der Waals surface area contributed by atoms with Gasteiger partial charge < -0.3 is 11.1 Å². The fourth-order valence-electron chi connectivity index (χ4n) is 2.70. The summed E-state index contributed by atoms with van der Waals surface area (Å²) in [5.41, 5.74) is 11.0. The molecule has 0 atom stereocenters. The second-order valence-corrected chi connectivity index (χ2v) is 7.29. The van der Waals surface area contributed by atoms with Crippen molar-refractivity contribution >= 4 is 29.2 Å². The zero-order valence-corrected chi connectivity index (χ0v) is 16.6. The van der Waals surface area contributed by atoms with Crippen molar-refractivity contribution in [2.75, 3.05) is 16.8 Å². The van der Waals surface area contributed by atoms with Crippen molar-refractivity contribution in [3.63, 3.8) is 0 Å². The number of nitrogen functional groups attached to an aromatic ring is 1. The largest absolute Gasteiger partial charge is 0.384 e. The molecule has 0 radical (unpaired) electrons. The molecule has 140 valence electrons. The highest BCUT2D eigenvalue weighted by molar-refractivity contribution is 7.99. The second-order valence-electron chi connectivity index (χ2n) is 6.35. The lowest BCUT2D eigenvalue weighted by Crippen LogP contribution is -2.15. The molecule has 0 fully saturated rings. The summed E-state index contributed by atoms with van der Waals surface area (Å²) in [6.07, 6.45) is 0. The van der Waals surface area contributed by atoms with Crippen molar-refractivity contribution in [3.8, 4) is 5.69 Å². The van der Waals surface area contributed by atoms with Gasteiger partial charge in [0.1, 0.15) is 5.82 Å². The Hall–Kier alpha value is -2.87. The zero-order chi connectivity index (χ0) is 19.6. The Bertz CT molecular complexity index is 960. The summed E-state index contributed by atoms with van der Waals surface area (Å²) in [7, 11) is 0. The minimum Gasteiger partial charge on any atom is -0.384 e. The number of aryl methyl sites for hydroxylation is 3. The summed E-state index contributed by atoms with van der Waals surface area (Å²) in [5.74, 6) is 0.451. The molecular formula is C19H22N6OS. The molecule has 27 heavy (non-hydrogen) atoms. The molecular weight excluding hydrogens is 360 g/mol. The van der Waals surface area contributed by atoms with Gasteiger partial charge in [0.25, 0.3) is 0 Å². The first kappa shape index (κ1) is 18.9. The van der Waals surface area contributed by atoms with Crippen LogP contribution in [0, 0.1) is 27.7 Å². The van der Waals surface area contributed by atoms with E-state index < -0.39 is 0 Å². The summed E-state index contributed by atoms with van der Waals surface area (Å²) in [6, 6.07) is 9.78. The maximum atomic E-state index is 12.4. The van der Waals surface area contributed by atoms with Crippen LogP contribution in [0.2, 0.25) is 0 Å². The number of hydrogen-bond donors (Lipinski definition) is 2. The van der Waals surface area contributed by atoms with Gasteiger partial charge in [-0.2, -0.15) is 5.10 Å². The molecule has 8 heteroatoms. The van der Waals surface area contributed by atoms with Gasteiger partial charge >= 0.3 is 0 Å². The second kappa shape index (κ2) is 7.79. The minimum atomic E-state index is -0.140. The monoisotopic (exact) mass is 382 g/mol. The van der Waals surface area contributed by atoms with Gasteiger partial charge in [-0.25, -0.2) is 14.6 Å². The van der Waals surface area contributed by atoms with Gasteiger partial charge in [-0.15, -0.1) is 0 Å². The van der Waals surface area contributed by atoms with E-state index in [-0.39, 0.29) is 11.7 Å². The highest BCUT2D eigenvalue weighted by Crippen LogP contribution is 2.24. The Kier molecular flexibility index (Phi) is 5.46. The van der Waals surface area contributed by atoms with Crippen LogP contribution in [0.15, 0.2) is 35.5 Å². The molecule has 0 aliphatic carbocycles. The van der Waals surface area contributed by atoms with E-state index in [1.165, 1.54) is 17.3 Å². The van der Waals surface area contributed by atoms with Crippen molar-refractivity contribution in [2.45, 2.75) is 32.9 Å². The van der Waals surface area contributed by atoms with Gasteiger partial charge in [0.15, 0.2) is 5.16 Å². The molecule has 0 unspecified atom stereocenters. The lowest BCUT2D eigenvalue weighted by molar-refractivity contribution is -0.113. The van der Waals surface area contributed by atoms with E-state index in [0.717, 1.165) is 28.5 Å². The van der Waals surface area contributed by atoms with Crippen molar-refractivity contribution < 1.29 is 4.79 Å². The fraction of sp³-hybridized carbons (Fsp3) is 0.263. The van der Waals surface area contributed by atoms with Gasteiger partial charge in [0, 0.05) is 11.8 Å². The molecule has 3 N–H and O–H groups in total. The van der Waals surface area contributed by atoms with Crippen LogP contribution in [0.4, 0.5) is 11.5 Å². The lowest BCUT2D eigenvalue weighted by atomic mass is 10.2. The first-order valence-electron chi connectivity index (χ1n) is 8.50. The molecule has 1 amide bonds. The highest BCUT2D eigenvalue weighted by atomic mass is 32.2. The normalized spacial score (nSPS) is 10.8. The Morgan fingerprint density at radius 2 is 1.85 bits per heavy atom. The molecule has 3 rings (SSSR count). The van der Waals surface area contributed by atoms with Crippen LogP contribution in [0.5, 0.6) is 0 Å². The number of amides is 1. The van der Waals surface area contributed by atoms with Crippen molar-refractivity contribution in [1.82, 2.24) is 19.7 Å². The van der Waals surface area contributed by atoms with E-state index in [9.17, 15) is 4.79 Å². The smallest absolute Gasteiger partial charge is 0.234 e. The summed E-state index contributed by atoms with van der Waals surface area (Å²) in [6.45, 7) is 7.70. The van der Waals surface area contributed by atoms with Crippen LogP contribution >= 0.6 is 11.8 Å². The van der Waals surface area contributed by atoms with E-state index in [2.05, 4.69) is 20.4 Å². The number of nitrogens with zero attached hydrogens (tertiary/aromatic N) is 4. The molecule has 0 saturated carbocycles. The first-order chi connectivity index (χ1) is 12.8. The molecule has 0 bridgehead atoms. The summed E-state index contributed by atoms with van der Waals surface area (Å²) in [4.78, 5) is 20.8. The average molecular weight is 382 g/mol. The lowest BCUT2D eigenvalue weighted by Gasteiger charge is -2.07. The van der Waals surface area contributed by atoms with E-state index in [1.807, 2.05) is 56.6 Å². The average Bonchev–Trinajstić information content (AvgIpc) is 2.88. The maximum absolute atomic E-state index is 12.4. The Labute approximate surface area is 162 Å². The van der Waals surface area contributed by atoms with Gasteiger partial charge in [-0.05, 0) is 39.8 Å². The van der Waals surface area contributed by atoms with Crippen LogP contribution in [0.3, 0.4) is 0 Å². The van der Waals surface area contributed by atoms with E-state index in [4.69, 9.17) is 5.73 Å². The number of carbonyl (C=O) groups is 1. The molecule has 7 nitrogen and oxygen atoms in total. The standard InChI is InChI=1S/C19H22N6OS/c1-11-5-7-15(8-6-11)25-14(4)18(13(3)24-25)23-17(26)10-27-19-21-12(2)9-16(20)22-19/h5-9H,10H2,1-4H3,(H,23,26)(H2,20,21,22). The number of carbonyl (C=O) groups excluding carboxylic acids is 1. The quantitative estimate of drug-likeness (QED) is 0.519. The number of nitrogens with two attached hydrogens (primary N) is 1. The number of thioether (sulfide) groups is 1. The van der Waals surface area contributed by atoms with Crippen LogP contribution in [0.25, 0.3) is 5.69 Å². The highest BCUT2D eigenvalue weighted by Gasteiger charge is 2.16. The van der Waals surface area contributed by atoms with Gasteiger partial charge in [0.05, 0.1) is 28.5 Å². The minimum absolute atomic E-state index is 0.140. The SMILES string of the molecule is Cc1ccc(-n2nc(C)c(NC(=O)CSc3nc(C)cc(N)n3)c2C)cc1. The number of hydrogen-bond acceptors (Lipinski definition) is 6. The number of aromatic nitrogens is 4.